The van der Waals surface area contributed by atoms with E-state index in [0.29, 0.717) is 8.46 Å². The van der Waals surface area contributed by atoms with Crippen LogP contribution in [0.5, 0.6) is 0 Å². The lowest BCUT2D eigenvalue weighted by molar-refractivity contribution is 0.272. The van der Waals surface area contributed by atoms with Crippen LogP contribution in [-0.4, -0.2) is 26.6 Å². The molecule has 0 aliphatic heterocycles. The molecule has 4 atom stereocenters. The van der Waals surface area contributed by atoms with Crippen molar-refractivity contribution in [3.8, 4) is 0 Å². The van der Waals surface area contributed by atoms with Gasteiger partial charge in [0.1, 0.15) is 7.57 Å². The molecule has 0 nitrogen and oxygen atoms in total. The highest BCUT2D eigenvalue weighted by atomic mass is 31.1. The smallest absolute Gasteiger partial charge is 0.104 e. The Morgan fingerprint density at radius 1 is 0.882 bits per heavy atom. The molecule has 0 rings (SSSR count). The summed E-state index contributed by atoms with van der Waals surface area (Å²) in [6.07, 6.45) is 12.5. The average molecular weight is 272 g/mol. The first-order valence-corrected chi connectivity index (χ1v) is 10.4. The summed E-state index contributed by atoms with van der Waals surface area (Å²) in [5.74, 6) is 1.94. The Kier molecular flexibility index (Phi) is 14.1. The van der Waals surface area contributed by atoms with E-state index >= 15 is 0 Å². The van der Waals surface area contributed by atoms with Gasteiger partial charge in [0.25, 0.3) is 0 Å². The SMILES string of the molecule is [B]PCCC(CCPC)C(CCC)CCCC. The van der Waals surface area contributed by atoms with Gasteiger partial charge < -0.3 is 0 Å². The van der Waals surface area contributed by atoms with E-state index in [2.05, 4.69) is 20.5 Å². The van der Waals surface area contributed by atoms with Crippen molar-refractivity contribution in [3.63, 3.8) is 0 Å². The summed E-state index contributed by atoms with van der Waals surface area (Å²) in [6.45, 7) is 6.98. The summed E-state index contributed by atoms with van der Waals surface area (Å²) >= 11 is 0. The Bertz CT molecular complexity index is 145. The zero-order valence-corrected chi connectivity index (χ0v) is 14.1. The van der Waals surface area contributed by atoms with Crippen molar-refractivity contribution in [2.24, 2.45) is 11.8 Å². The first-order valence-electron chi connectivity index (χ1n) is 7.38. The third-order valence-corrected chi connectivity index (χ3v) is 5.05. The molecule has 0 aromatic heterocycles. The molecule has 4 unspecified atom stereocenters. The van der Waals surface area contributed by atoms with E-state index in [1.165, 1.54) is 57.3 Å². The summed E-state index contributed by atoms with van der Waals surface area (Å²) in [5, 5.41) is 0. The molecule has 17 heavy (non-hydrogen) atoms. The molecule has 0 aliphatic rings. The van der Waals surface area contributed by atoms with Gasteiger partial charge in [0, 0.05) is 0 Å². The van der Waals surface area contributed by atoms with Gasteiger partial charge in [-0.3, -0.25) is 0 Å². The van der Waals surface area contributed by atoms with E-state index in [-0.39, 0.29) is 0 Å². The molecule has 0 N–H and O–H groups in total. The maximum Gasteiger partial charge on any atom is 0.104 e. The molecule has 0 aromatic carbocycles. The topological polar surface area (TPSA) is 0 Å². The minimum atomic E-state index is 0.655. The highest BCUT2D eigenvalue weighted by Crippen LogP contribution is 2.31. The van der Waals surface area contributed by atoms with Gasteiger partial charge >= 0.3 is 0 Å². The van der Waals surface area contributed by atoms with Crippen LogP contribution in [-0.2, 0) is 0 Å². The van der Waals surface area contributed by atoms with Crippen molar-refractivity contribution in [3.05, 3.63) is 0 Å². The van der Waals surface area contributed by atoms with Crippen LogP contribution in [0.3, 0.4) is 0 Å². The van der Waals surface area contributed by atoms with E-state index in [4.69, 9.17) is 7.57 Å². The maximum atomic E-state index is 5.71. The molecule has 0 aromatic rings. The summed E-state index contributed by atoms with van der Waals surface area (Å²) in [7, 11) is 7.49. The predicted molar refractivity (Wildman–Crippen MR) is 88.7 cm³/mol. The molecule has 0 heterocycles. The van der Waals surface area contributed by atoms with E-state index in [1.807, 2.05) is 0 Å². The van der Waals surface area contributed by atoms with Crippen molar-refractivity contribution >= 4 is 24.6 Å². The van der Waals surface area contributed by atoms with Crippen LogP contribution in [0.1, 0.15) is 58.8 Å². The lowest BCUT2D eigenvalue weighted by Gasteiger charge is -2.27. The lowest BCUT2D eigenvalue weighted by atomic mass is 9.81. The van der Waals surface area contributed by atoms with Crippen molar-refractivity contribution < 1.29 is 0 Å². The van der Waals surface area contributed by atoms with Crippen molar-refractivity contribution in [1.29, 1.82) is 0 Å². The quantitative estimate of drug-likeness (QED) is 0.344. The van der Waals surface area contributed by atoms with Gasteiger partial charge in [-0.2, -0.15) is 8.46 Å². The number of hydrogen-bond donors (Lipinski definition) is 0. The van der Waals surface area contributed by atoms with Gasteiger partial charge in [0.05, 0.1) is 0 Å². The fourth-order valence-electron chi connectivity index (χ4n) is 2.67. The zero-order valence-electron chi connectivity index (χ0n) is 12.1. The van der Waals surface area contributed by atoms with Crippen molar-refractivity contribution in [2.45, 2.75) is 58.8 Å². The lowest BCUT2D eigenvalue weighted by Crippen LogP contribution is -2.17. The number of hydrogen-bond acceptors (Lipinski definition) is 0. The summed E-state index contributed by atoms with van der Waals surface area (Å²) in [4.78, 5) is 0. The van der Waals surface area contributed by atoms with Gasteiger partial charge in [0.2, 0.25) is 0 Å². The zero-order chi connectivity index (χ0) is 12.9. The van der Waals surface area contributed by atoms with Crippen molar-refractivity contribution in [2.75, 3.05) is 19.0 Å². The van der Waals surface area contributed by atoms with Crippen LogP contribution in [0.25, 0.3) is 0 Å². The Labute approximate surface area is 114 Å². The third-order valence-electron chi connectivity index (χ3n) is 3.68. The molecular weight excluding hydrogens is 241 g/mol. The Morgan fingerprint density at radius 2 is 1.53 bits per heavy atom. The molecule has 2 radical (unpaired) electrons. The van der Waals surface area contributed by atoms with Gasteiger partial charge in [-0.05, 0) is 43.7 Å². The van der Waals surface area contributed by atoms with Crippen LogP contribution in [0.15, 0.2) is 0 Å². The molecule has 0 aliphatic carbocycles. The minimum Gasteiger partial charge on any atom is -0.172 e. The van der Waals surface area contributed by atoms with Crippen LogP contribution < -0.4 is 0 Å². The molecule has 0 amide bonds. The van der Waals surface area contributed by atoms with Crippen LogP contribution in [0, 0.1) is 11.8 Å². The van der Waals surface area contributed by atoms with Crippen LogP contribution in [0.2, 0.25) is 0 Å². The summed E-state index contributed by atoms with van der Waals surface area (Å²) in [5.41, 5.74) is 0. The average Bonchev–Trinajstić information content (AvgIpc) is 2.35. The standard InChI is InChI=1S/C14H31BP2/c1-4-6-8-13(7-5-2)14(9-11-16-3)10-12-17-15/h13-14,16-17H,4-12H2,1-3H3. The van der Waals surface area contributed by atoms with Gasteiger partial charge in [-0.15, -0.1) is 8.58 Å². The number of rotatable bonds is 12. The Hall–Kier alpha value is 0.925. The predicted octanol–water partition coefficient (Wildman–Crippen LogP) is 5.06. The molecule has 100 valence electrons. The number of unbranched alkanes of at least 4 members (excludes halogenated alkanes) is 1. The second kappa shape index (κ2) is 13.4. The third kappa shape index (κ3) is 9.50. The normalized spacial score (nSPS) is 16.2. The summed E-state index contributed by atoms with van der Waals surface area (Å²) in [6, 6.07) is 0. The van der Waals surface area contributed by atoms with E-state index < -0.39 is 0 Å². The minimum absolute atomic E-state index is 0.655. The highest BCUT2D eigenvalue weighted by Gasteiger charge is 2.19. The van der Waals surface area contributed by atoms with Crippen molar-refractivity contribution in [1.82, 2.24) is 0 Å². The molecule has 0 spiro atoms. The van der Waals surface area contributed by atoms with E-state index in [0.717, 1.165) is 20.4 Å². The van der Waals surface area contributed by atoms with Gasteiger partial charge in [-0.1, -0.05) is 46.0 Å². The highest BCUT2D eigenvalue weighted by molar-refractivity contribution is 7.66. The fourth-order valence-corrected chi connectivity index (χ4v) is 3.86. The first kappa shape index (κ1) is 17.9. The largest absolute Gasteiger partial charge is 0.172 e. The van der Waals surface area contributed by atoms with E-state index in [1.54, 1.807) is 0 Å². The Balaban J connectivity index is 4.20. The second-order valence-electron chi connectivity index (χ2n) is 5.09. The van der Waals surface area contributed by atoms with E-state index in [9.17, 15) is 0 Å². The molecule has 0 saturated carbocycles. The maximum absolute atomic E-state index is 5.71. The van der Waals surface area contributed by atoms with Gasteiger partial charge in [0.15, 0.2) is 0 Å². The monoisotopic (exact) mass is 272 g/mol. The molecule has 0 saturated heterocycles. The summed E-state index contributed by atoms with van der Waals surface area (Å²) < 4.78 is 0. The Morgan fingerprint density at radius 3 is 2.06 bits per heavy atom. The van der Waals surface area contributed by atoms with Crippen LogP contribution in [0.4, 0.5) is 0 Å². The molecule has 3 heteroatoms. The fraction of sp³-hybridized carbons (Fsp3) is 1.00. The second-order valence-corrected chi connectivity index (χ2v) is 7.20. The molecule has 0 bridgehead atoms. The molecule has 0 fully saturated rings. The van der Waals surface area contributed by atoms with Gasteiger partial charge in [-0.25, -0.2) is 0 Å². The first-order chi connectivity index (χ1) is 8.29. The molecular formula is C14H31BP2. The van der Waals surface area contributed by atoms with Crippen LogP contribution >= 0.6 is 17.0 Å².